The van der Waals surface area contributed by atoms with Crippen molar-refractivity contribution in [2.75, 3.05) is 7.11 Å². The third kappa shape index (κ3) is 2.05. The first kappa shape index (κ1) is 13.0. The minimum absolute atomic E-state index is 0.161. The van der Waals surface area contributed by atoms with E-state index in [4.69, 9.17) is 9.84 Å². The normalized spacial score (nSPS) is 16.2. The summed E-state index contributed by atoms with van der Waals surface area (Å²) in [5, 5.41) is 9.02. The van der Waals surface area contributed by atoms with E-state index in [1.165, 1.54) is 6.07 Å². The number of aromatic carboxylic acids is 1. The highest BCUT2D eigenvalue weighted by molar-refractivity contribution is 7.91. The van der Waals surface area contributed by atoms with Crippen LogP contribution in [0.15, 0.2) is 46.2 Å². The number of fused-ring (bicyclic) bond motifs is 2. The highest BCUT2D eigenvalue weighted by Crippen LogP contribution is 2.36. The number of benzene rings is 2. The van der Waals surface area contributed by atoms with E-state index in [1.54, 1.807) is 31.4 Å². The first-order chi connectivity index (χ1) is 9.60. The van der Waals surface area contributed by atoms with Crippen molar-refractivity contribution >= 4 is 17.1 Å². The van der Waals surface area contributed by atoms with Crippen molar-refractivity contribution in [3.8, 4) is 5.75 Å². The summed E-state index contributed by atoms with van der Waals surface area (Å²) in [5.74, 6) is -0.281. The van der Waals surface area contributed by atoms with Gasteiger partial charge in [0, 0.05) is 34.8 Å². The van der Waals surface area contributed by atoms with Crippen LogP contribution in [0.1, 0.15) is 21.5 Å². The summed E-state index contributed by atoms with van der Waals surface area (Å²) in [5.41, 5.74) is 2.02. The molecular formula is C15H12O4S. The fourth-order valence-corrected chi connectivity index (χ4v) is 3.74. The standard InChI is InChI=1S/C15H12O4S/c1-19-12-4-5-13-11(7-12)6-9-2-3-10(15(16)17)8-14(9)20(13)18/h2-5,7-8H,6H2,1H3,(H,16,17). The molecule has 0 bridgehead atoms. The second-order valence-corrected chi connectivity index (χ2v) is 5.96. The van der Waals surface area contributed by atoms with Crippen molar-refractivity contribution in [1.29, 1.82) is 0 Å². The zero-order valence-electron chi connectivity index (χ0n) is 10.8. The van der Waals surface area contributed by atoms with E-state index in [1.807, 2.05) is 6.07 Å². The molecule has 4 nitrogen and oxygen atoms in total. The largest absolute Gasteiger partial charge is 0.606 e. The maximum Gasteiger partial charge on any atom is 0.335 e. The Morgan fingerprint density at radius 2 is 2.00 bits per heavy atom. The molecule has 0 fully saturated rings. The van der Waals surface area contributed by atoms with Crippen LogP contribution in [0.3, 0.4) is 0 Å². The molecule has 1 N–H and O–H groups in total. The average Bonchev–Trinajstić information content (AvgIpc) is 2.46. The van der Waals surface area contributed by atoms with Gasteiger partial charge in [0.05, 0.1) is 12.7 Å². The summed E-state index contributed by atoms with van der Waals surface area (Å²) in [6, 6.07) is 10.2. The third-order valence-corrected chi connectivity index (χ3v) is 4.94. The van der Waals surface area contributed by atoms with Gasteiger partial charge in [-0.15, -0.1) is 0 Å². The lowest BCUT2D eigenvalue weighted by molar-refractivity contribution is 0.0696. The lowest BCUT2D eigenvalue weighted by Crippen LogP contribution is -2.15. The number of methoxy groups -OCH3 is 1. The molecule has 0 saturated carbocycles. The fraction of sp³-hybridized carbons (Fsp3) is 0.133. The number of ether oxygens (including phenoxy) is 1. The molecule has 0 saturated heterocycles. The number of carbonyl (C=O) groups is 1. The Morgan fingerprint density at radius 3 is 2.70 bits per heavy atom. The molecule has 0 aliphatic carbocycles. The summed E-state index contributed by atoms with van der Waals surface area (Å²) in [6.45, 7) is 0. The van der Waals surface area contributed by atoms with E-state index < -0.39 is 17.1 Å². The van der Waals surface area contributed by atoms with Crippen molar-refractivity contribution in [2.45, 2.75) is 16.2 Å². The van der Waals surface area contributed by atoms with Crippen LogP contribution in [0.4, 0.5) is 0 Å². The van der Waals surface area contributed by atoms with E-state index in [2.05, 4.69) is 0 Å². The fourth-order valence-electron chi connectivity index (χ4n) is 2.33. The zero-order valence-corrected chi connectivity index (χ0v) is 11.6. The topological polar surface area (TPSA) is 69.6 Å². The minimum Gasteiger partial charge on any atom is -0.606 e. The van der Waals surface area contributed by atoms with E-state index in [0.717, 1.165) is 21.8 Å². The summed E-state index contributed by atoms with van der Waals surface area (Å²) < 4.78 is 17.7. The van der Waals surface area contributed by atoms with Gasteiger partial charge in [-0.2, -0.15) is 0 Å². The molecule has 0 radical (unpaired) electrons. The lowest BCUT2D eigenvalue weighted by atomic mass is 10.0. The average molecular weight is 288 g/mol. The Morgan fingerprint density at radius 1 is 1.20 bits per heavy atom. The van der Waals surface area contributed by atoms with Crippen molar-refractivity contribution in [3.63, 3.8) is 0 Å². The molecule has 3 rings (SSSR count). The molecule has 1 unspecified atom stereocenters. The predicted molar refractivity (Wildman–Crippen MR) is 73.9 cm³/mol. The van der Waals surface area contributed by atoms with Gasteiger partial charge >= 0.3 is 5.97 Å². The van der Waals surface area contributed by atoms with Gasteiger partial charge in [-0.05, 0) is 24.3 Å². The minimum atomic E-state index is -1.35. The monoisotopic (exact) mass is 288 g/mol. The Labute approximate surface area is 119 Å². The zero-order chi connectivity index (χ0) is 14.3. The van der Waals surface area contributed by atoms with Crippen LogP contribution in [-0.2, 0) is 17.6 Å². The molecule has 2 aromatic rings. The molecule has 2 aromatic carbocycles. The van der Waals surface area contributed by atoms with Crippen LogP contribution < -0.4 is 4.74 Å². The van der Waals surface area contributed by atoms with E-state index in [-0.39, 0.29) is 5.56 Å². The molecule has 1 aliphatic heterocycles. The number of hydrogen-bond donors (Lipinski definition) is 1. The van der Waals surface area contributed by atoms with E-state index >= 15 is 0 Å². The van der Waals surface area contributed by atoms with Gasteiger partial charge < -0.3 is 14.4 Å². The highest BCUT2D eigenvalue weighted by Gasteiger charge is 2.29. The van der Waals surface area contributed by atoms with Gasteiger partial charge in [0.1, 0.15) is 5.75 Å². The van der Waals surface area contributed by atoms with Crippen LogP contribution >= 0.6 is 0 Å². The van der Waals surface area contributed by atoms with E-state index in [0.29, 0.717) is 11.3 Å². The summed E-state index contributed by atoms with van der Waals surface area (Å²) in [7, 11) is 1.59. The first-order valence-electron chi connectivity index (χ1n) is 6.05. The lowest BCUT2D eigenvalue weighted by Gasteiger charge is -2.22. The predicted octanol–water partition coefficient (Wildman–Crippen LogP) is 2.46. The Bertz CT molecular complexity index is 696. The smallest absolute Gasteiger partial charge is 0.335 e. The number of hydrogen-bond acceptors (Lipinski definition) is 3. The molecule has 102 valence electrons. The van der Waals surface area contributed by atoms with Crippen molar-refractivity contribution in [1.82, 2.24) is 0 Å². The van der Waals surface area contributed by atoms with Crippen LogP contribution in [0.25, 0.3) is 0 Å². The maximum atomic E-state index is 12.6. The molecule has 0 spiro atoms. The Kier molecular flexibility index (Phi) is 3.16. The summed E-state index contributed by atoms with van der Waals surface area (Å²) >= 11 is -1.35. The van der Waals surface area contributed by atoms with Gasteiger partial charge in [-0.1, -0.05) is 6.07 Å². The number of carboxylic acids is 1. The second kappa shape index (κ2) is 4.85. The van der Waals surface area contributed by atoms with Gasteiger partial charge in [-0.25, -0.2) is 4.79 Å². The molecule has 5 heteroatoms. The molecule has 0 aromatic heterocycles. The molecule has 1 heterocycles. The van der Waals surface area contributed by atoms with Gasteiger partial charge in [0.25, 0.3) is 0 Å². The van der Waals surface area contributed by atoms with Crippen LogP contribution in [-0.4, -0.2) is 22.7 Å². The quantitative estimate of drug-likeness (QED) is 0.862. The van der Waals surface area contributed by atoms with Crippen molar-refractivity contribution in [3.05, 3.63) is 53.1 Å². The summed E-state index contributed by atoms with van der Waals surface area (Å²) in [6.07, 6.45) is 0.632. The van der Waals surface area contributed by atoms with Crippen LogP contribution in [0, 0.1) is 0 Å². The van der Waals surface area contributed by atoms with Gasteiger partial charge in [-0.3, -0.25) is 0 Å². The molecule has 20 heavy (non-hydrogen) atoms. The SMILES string of the molecule is COc1ccc2c(c1)Cc1ccc(C(=O)O)cc1[S+]2[O-]. The number of carboxylic acid groups (broad SMARTS) is 1. The second-order valence-electron chi connectivity index (χ2n) is 4.55. The Balaban J connectivity index is 2.09. The third-order valence-electron chi connectivity index (χ3n) is 3.36. The molecule has 1 aliphatic rings. The summed E-state index contributed by atoms with van der Waals surface area (Å²) in [4.78, 5) is 12.3. The van der Waals surface area contributed by atoms with Gasteiger partial charge in [0.2, 0.25) is 0 Å². The molecular weight excluding hydrogens is 276 g/mol. The first-order valence-corrected chi connectivity index (χ1v) is 7.20. The van der Waals surface area contributed by atoms with Crippen molar-refractivity contribution < 1.29 is 19.2 Å². The van der Waals surface area contributed by atoms with E-state index in [9.17, 15) is 9.35 Å². The maximum absolute atomic E-state index is 12.6. The molecule has 0 amide bonds. The molecule has 1 atom stereocenters. The Hall–Kier alpha value is -1.98. The van der Waals surface area contributed by atoms with Crippen LogP contribution in [0.2, 0.25) is 0 Å². The van der Waals surface area contributed by atoms with Crippen molar-refractivity contribution in [2.24, 2.45) is 0 Å². The van der Waals surface area contributed by atoms with Gasteiger partial charge in [0.15, 0.2) is 9.79 Å². The highest BCUT2D eigenvalue weighted by atomic mass is 32.2. The number of rotatable bonds is 2. The van der Waals surface area contributed by atoms with Crippen LogP contribution in [0.5, 0.6) is 5.75 Å².